The molecule has 0 aliphatic rings. The molecule has 0 aliphatic carbocycles. The van der Waals surface area contributed by atoms with E-state index in [1.807, 2.05) is 0 Å². The lowest BCUT2D eigenvalue weighted by atomic mass is 10.2. The standard InChI is InChI=1S/C17H14Cl2N4O2S/c1-22-17(26)23(16(21-22)12-8-11(18)4-5-13(12)19)20-9-10-3-6-14(24)15(7-10)25-2/h3-9,24H,1-2H3/b20-9+. The maximum absolute atomic E-state index is 9.69. The van der Waals surface area contributed by atoms with Crippen LogP contribution < -0.4 is 4.74 Å². The van der Waals surface area contributed by atoms with Crippen molar-refractivity contribution in [3.63, 3.8) is 0 Å². The third-order valence-electron chi connectivity index (χ3n) is 3.60. The molecule has 0 spiro atoms. The second kappa shape index (κ2) is 7.49. The van der Waals surface area contributed by atoms with E-state index in [2.05, 4.69) is 10.2 Å². The van der Waals surface area contributed by atoms with Crippen LogP contribution in [-0.4, -0.2) is 32.9 Å². The zero-order chi connectivity index (χ0) is 18.8. The summed E-state index contributed by atoms with van der Waals surface area (Å²) in [7, 11) is 3.20. The Kier molecular flexibility index (Phi) is 5.31. The van der Waals surface area contributed by atoms with Crippen LogP contribution in [0.15, 0.2) is 41.5 Å². The molecular formula is C17H14Cl2N4O2S. The number of rotatable bonds is 4. The molecular weight excluding hydrogens is 395 g/mol. The normalized spacial score (nSPS) is 11.2. The molecule has 0 fully saturated rings. The first-order chi connectivity index (χ1) is 12.4. The number of aromatic nitrogens is 3. The molecule has 0 radical (unpaired) electrons. The molecule has 0 amide bonds. The van der Waals surface area contributed by atoms with E-state index in [9.17, 15) is 5.11 Å². The van der Waals surface area contributed by atoms with Gasteiger partial charge in [0.2, 0.25) is 4.77 Å². The van der Waals surface area contributed by atoms with Gasteiger partial charge >= 0.3 is 0 Å². The van der Waals surface area contributed by atoms with Gasteiger partial charge in [-0.2, -0.15) is 9.78 Å². The summed E-state index contributed by atoms with van der Waals surface area (Å²) in [6.07, 6.45) is 1.58. The second-order valence-corrected chi connectivity index (χ2v) is 6.55. The number of hydrogen-bond donors (Lipinski definition) is 1. The van der Waals surface area contributed by atoms with Crippen molar-refractivity contribution in [2.45, 2.75) is 0 Å². The minimum absolute atomic E-state index is 0.0500. The van der Waals surface area contributed by atoms with E-state index in [1.54, 1.807) is 43.6 Å². The van der Waals surface area contributed by atoms with Crippen molar-refractivity contribution in [3.8, 4) is 22.9 Å². The van der Waals surface area contributed by atoms with Crippen LogP contribution in [0.25, 0.3) is 11.4 Å². The largest absolute Gasteiger partial charge is 0.504 e. The van der Waals surface area contributed by atoms with Gasteiger partial charge in [-0.1, -0.05) is 23.2 Å². The number of aryl methyl sites for hydroxylation is 1. The maximum Gasteiger partial charge on any atom is 0.219 e. The molecule has 9 heteroatoms. The zero-order valence-corrected chi connectivity index (χ0v) is 16.2. The molecule has 0 bridgehead atoms. The van der Waals surface area contributed by atoms with E-state index in [0.717, 1.165) is 0 Å². The minimum Gasteiger partial charge on any atom is -0.504 e. The quantitative estimate of drug-likeness (QED) is 0.508. The summed E-state index contributed by atoms with van der Waals surface area (Å²) >= 11 is 17.8. The molecule has 0 aliphatic heterocycles. The van der Waals surface area contributed by atoms with Crippen LogP contribution in [0.5, 0.6) is 11.5 Å². The minimum atomic E-state index is 0.0500. The van der Waals surface area contributed by atoms with Gasteiger partial charge in [0.05, 0.1) is 18.3 Å². The van der Waals surface area contributed by atoms with Crippen molar-refractivity contribution in [3.05, 3.63) is 56.8 Å². The third-order valence-corrected chi connectivity index (χ3v) is 4.60. The summed E-state index contributed by atoms with van der Waals surface area (Å²) in [5.41, 5.74) is 1.33. The van der Waals surface area contributed by atoms with Gasteiger partial charge in [-0.3, -0.25) is 0 Å². The predicted molar refractivity (Wildman–Crippen MR) is 105 cm³/mol. The van der Waals surface area contributed by atoms with Crippen LogP contribution >= 0.6 is 35.4 Å². The molecule has 0 saturated carbocycles. The van der Waals surface area contributed by atoms with E-state index >= 15 is 0 Å². The molecule has 6 nitrogen and oxygen atoms in total. The lowest BCUT2D eigenvalue weighted by Crippen LogP contribution is -1.96. The fourth-order valence-corrected chi connectivity index (χ4v) is 2.84. The van der Waals surface area contributed by atoms with Gasteiger partial charge in [-0.15, -0.1) is 5.10 Å². The molecule has 0 atom stereocenters. The Bertz CT molecular complexity index is 1060. The monoisotopic (exact) mass is 408 g/mol. The van der Waals surface area contributed by atoms with E-state index in [0.29, 0.717) is 37.5 Å². The Hall–Kier alpha value is -2.35. The number of methoxy groups -OCH3 is 1. The van der Waals surface area contributed by atoms with E-state index in [1.165, 1.54) is 22.5 Å². The second-order valence-electron chi connectivity index (χ2n) is 5.34. The topological polar surface area (TPSA) is 64.6 Å². The lowest BCUT2D eigenvalue weighted by molar-refractivity contribution is 0.373. The van der Waals surface area contributed by atoms with Gasteiger partial charge in [0.25, 0.3) is 0 Å². The van der Waals surface area contributed by atoms with Crippen LogP contribution in [0.1, 0.15) is 5.56 Å². The molecule has 0 saturated heterocycles. The summed E-state index contributed by atoms with van der Waals surface area (Å²) < 4.78 is 8.50. The highest BCUT2D eigenvalue weighted by Gasteiger charge is 2.14. The average Bonchev–Trinajstić information content (AvgIpc) is 2.91. The molecule has 1 N–H and O–H groups in total. The number of phenols is 1. The molecule has 134 valence electrons. The molecule has 2 aromatic carbocycles. The van der Waals surface area contributed by atoms with E-state index in [-0.39, 0.29) is 5.75 Å². The predicted octanol–water partition coefficient (Wildman–Crippen LogP) is 4.52. The van der Waals surface area contributed by atoms with E-state index < -0.39 is 0 Å². The number of ether oxygens (including phenoxy) is 1. The van der Waals surface area contributed by atoms with Crippen molar-refractivity contribution in [2.24, 2.45) is 12.1 Å². The fraction of sp³-hybridized carbons (Fsp3) is 0.118. The highest BCUT2D eigenvalue weighted by Crippen LogP contribution is 2.30. The number of benzene rings is 2. The Morgan fingerprint density at radius 1 is 1.23 bits per heavy atom. The maximum atomic E-state index is 9.69. The lowest BCUT2D eigenvalue weighted by Gasteiger charge is -2.05. The van der Waals surface area contributed by atoms with Crippen LogP contribution in [0.3, 0.4) is 0 Å². The highest BCUT2D eigenvalue weighted by molar-refractivity contribution is 7.71. The number of nitrogens with zero attached hydrogens (tertiary/aromatic N) is 4. The van der Waals surface area contributed by atoms with Crippen molar-refractivity contribution < 1.29 is 9.84 Å². The molecule has 3 aromatic rings. The summed E-state index contributed by atoms with van der Waals surface area (Å²) in [6.45, 7) is 0. The van der Waals surface area contributed by atoms with Crippen molar-refractivity contribution in [1.82, 2.24) is 14.5 Å². The molecule has 0 unspecified atom stereocenters. The zero-order valence-electron chi connectivity index (χ0n) is 13.8. The number of aromatic hydroxyl groups is 1. The average molecular weight is 409 g/mol. The Labute approximate surface area is 164 Å². The highest BCUT2D eigenvalue weighted by atomic mass is 35.5. The van der Waals surface area contributed by atoms with Crippen LogP contribution in [0.2, 0.25) is 10.0 Å². The SMILES string of the molecule is COc1cc(/C=N/n2c(-c3cc(Cl)ccc3Cl)nn(C)c2=S)ccc1O. The van der Waals surface area contributed by atoms with Gasteiger partial charge < -0.3 is 9.84 Å². The Balaban J connectivity index is 2.09. The molecule has 3 rings (SSSR count). The van der Waals surface area contributed by atoms with Crippen LogP contribution in [0.4, 0.5) is 0 Å². The first-order valence-electron chi connectivity index (χ1n) is 7.43. The van der Waals surface area contributed by atoms with E-state index in [4.69, 9.17) is 40.2 Å². The number of halogens is 2. The summed E-state index contributed by atoms with van der Waals surface area (Å²) in [5.74, 6) is 0.864. The Morgan fingerprint density at radius 3 is 2.73 bits per heavy atom. The summed E-state index contributed by atoms with van der Waals surface area (Å²) in [5, 5.41) is 19.5. The molecule has 26 heavy (non-hydrogen) atoms. The van der Waals surface area contributed by atoms with Crippen molar-refractivity contribution in [1.29, 1.82) is 0 Å². The van der Waals surface area contributed by atoms with Crippen molar-refractivity contribution >= 4 is 41.6 Å². The first-order valence-corrected chi connectivity index (χ1v) is 8.60. The fourth-order valence-electron chi connectivity index (χ4n) is 2.29. The van der Waals surface area contributed by atoms with Gasteiger partial charge in [0, 0.05) is 17.6 Å². The van der Waals surface area contributed by atoms with Gasteiger partial charge in [0.15, 0.2) is 17.3 Å². The number of phenolic OH excluding ortho intramolecular Hbond substituents is 1. The van der Waals surface area contributed by atoms with Crippen LogP contribution in [0, 0.1) is 4.77 Å². The van der Waals surface area contributed by atoms with Crippen molar-refractivity contribution in [2.75, 3.05) is 7.11 Å². The number of hydrogen-bond acceptors (Lipinski definition) is 5. The Morgan fingerprint density at radius 2 is 2.00 bits per heavy atom. The van der Waals surface area contributed by atoms with Crippen LogP contribution in [-0.2, 0) is 7.05 Å². The van der Waals surface area contributed by atoms with Gasteiger partial charge in [-0.25, -0.2) is 4.68 Å². The first kappa shape index (κ1) is 18.4. The third kappa shape index (κ3) is 3.60. The van der Waals surface area contributed by atoms with Gasteiger partial charge in [-0.05, 0) is 54.2 Å². The summed E-state index contributed by atoms with van der Waals surface area (Å²) in [4.78, 5) is 0. The van der Waals surface area contributed by atoms with Gasteiger partial charge in [0.1, 0.15) is 0 Å². The smallest absolute Gasteiger partial charge is 0.219 e. The molecule has 1 heterocycles. The summed E-state index contributed by atoms with van der Waals surface area (Å²) in [6, 6.07) is 9.98. The molecule has 1 aromatic heterocycles.